The van der Waals surface area contributed by atoms with E-state index in [0.29, 0.717) is 18.6 Å². The number of hydrogen-bond donors (Lipinski definition) is 1. The Bertz CT molecular complexity index is 524. The third-order valence-corrected chi connectivity index (χ3v) is 3.40. The Morgan fingerprint density at radius 3 is 2.39 bits per heavy atom. The largest absolute Gasteiger partial charge is 0.489 e. The van der Waals surface area contributed by atoms with Gasteiger partial charge in [0.15, 0.2) is 0 Å². The summed E-state index contributed by atoms with van der Waals surface area (Å²) in [4.78, 5) is 0. The molecule has 1 saturated carbocycles. The molecular formula is C16H17NO. The normalized spacial score (nSPS) is 21.6. The summed E-state index contributed by atoms with van der Waals surface area (Å²) in [7, 11) is 0. The average molecular weight is 239 g/mol. The number of rotatable bonds is 4. The van der Waals surface area contributed by atoms with E-state index in [0.717, 1.165) is 12.2 Å². The first-order chi connectivity index (χ1) is 8.84. The van der Waals surface area contributed by atoms with Gasteiger partial charge in [-0.2, -0.15) is 0 Å². The minimum absolute atomic E-state index is 0.312. The molecule has 0 bridgehead atoms. The maximum absolute atomic E-state index is 5.92. The van der Waals surface area contributed by atoms with E-state index in [4.69, 9.17) is 10.5 Å². The van der Waals surface area contributed by atoms with Crippen molar-refractivity contribution in [1.82, 2.24) is 0 Å². The lowest BCUT2D eigenvalue weighted by Crippen LogP contribution is -2.03. The quantitative estimate of drug-likeness (QED) is 0.890. The first-order valence-electron chi connectivity index (χ1n) is 6.36. The molecule has 0 radical (unpaired) electrons. The van der Waals surface area contributed by atoms with Gasteiger partial charge in [0.25, 0.3) is 0 Å². The first kappa shape index (κ1) is 11.3. The van der Waals surface area contributed by atoms with Crippen LogP contribution >= 0.6 is 0 Å². The van der Waals surface area contributed by atoms with Crippen molar-refractivity contribution < 1.29 is 4.74 Å². The third-order valence-electron chi connectivity index (χ3n) is 3.40. The Morgan fingerprint density at radius 2 is 1.67 bits per heavy atom. The monoisotopic (exact) mass is 239 g/mol. The first-order valence-corrected chi connectivity index (χ1v) is 6.36. The van der Waals surface area contributed by atoms with Gasteiger partial charge in [0.2, 0.25) is 0 Å². The number of hydrogen-bond acceptors (Lipinski definition) is 2. The van der Waals surface area contributed by atoms with Crippen molar-refractivity contribution >= 4 is 0 Å². The van der Waals surface area contributed by atoms with Gasteiger partial charge in [0.05, 0.1) is 0 Å². The van der Waals surface area contributed by atoms with Crippen molar-refractivity contribution in [3.8, 4) is 5.75 Å². The molecule has 1 aliphatic rings. The fraction of sp³-hybridized carbons (Fsp3) is 0.250. The number of nitrogens with two attached hydrogens (primary N) is 1. The fourth-order valence-corrected chi connectivity index (χ4v) is 2.23. The minimum atomic E-state index is 0.312. The summed E-state index contributed by atoms with van der Waals surface area (Å²) in [6.07, 6.45) is 1.08. The second kappa shape index (κ2) is 4.83. The Hall–Kier alpha value is -1.80. The van der Waals surface area contributed by atoms with Gasteiger partial charge in [-0.1, -0.05) is 48.5 Å². The standard InChI is InChI=1S/C16H17NO/c17-15-10-14(15)13-8-4-5-9-16(13)18-11-12-6-2-1-3-7-12/h1-9,14-15H,10-11,17H2/t14-,15+/m0/s1. The molecule has 0 aliphatic heterocycles. The van der Waals surface area contributed by atoms with Crippen molar-refractivity contribution in [3.63, 3.8) is 0 Å². The number of para-hydroxylation sites is 1. The molecule has 2 atom stereocenters. The molecule has 0 spiro atoms. The molecule has 2 aromatic rings. The molecule has 2 aromatic carbocycles. The second-order valence-corrected chi connectivity index (χ2v) is 4.82. The van der Waals surface area contributed by atoms with E-state index in [-0.39, 0.29) is 0 Å². The molecule has 2 nitrogen and oxygen atoms in total. The summed E-state index contributed by atoms with van der Waals surface area (Å²) in [5, 5.41) is 0. The summed E-state index contributed by atoms with van der Waals surface area (Å²) in [5.74, 6) is 1.45. The highest BCUT2D eigenvalue weighted by atomic mass is 16.5. The molecule has 0 saturated heterocycles. The van der Waals surface area contributed by atoms with Crippen molar-refractivity contribution in [1.29, 1.82) is 0 Å². The molecule has 1 aliphatic carbocycles. The molecule has 1 fully saturated rings. The van der Waals surface area contributed by atoms with Gasteiger partial charge in [0.1, 0.15) is 12.4 Å². The van der Waals surface area contributed by atoms with Gasteiger partial charge in [0, 0.05) is 12.0 Å². The molecule has 0 unspecified atom stereocenters. The van der Waals surface area contributed by atoms with Crippen LogP contribution in [0.25, 0.3) is 0 Å². The smallest absolute Gasteiger partial charge is 0.123 e. The zero-order chi connectivity index (χ0) is 12.4. The van der Waals surface area contributed by atoms with E-state index in [1.807, 2.05) is 30.3 Å². The van der Waals surface area contributed by atoms with Crippen LogP contribution in [0.3, 0.4) is 0 Å². The molecule has 18 heavy (non-hydrogen) atoms. The maximum atomic E-state index is 5.92. The summed E-state index contributed by atoms with van der Waals surface area (Å²) in [6, 6.07) is 18.8. The van der Waals surface area contributed by atoms with Gasteiger partial charge in [-0.15, -0.1) is 0 Å². The van der Waals surface area contributed by atoms with Gasteiger partial charge in [-0.05, 0) is 23.6 Å². The zero-order valence-corrected chi connectivity index (χ0v) is 10.3. The lowest BCUT2D eigenvalue weighted by molar-refractivity contribution is 0.303. The van der Waals surface area contributed by atoms with Crippen LogP contribution in [-0.4, -0.2) is 6.04 Å². The molecular weight excluding hydrogens is 222 g/mol. The SMILES string of the molecule is N[C@@H]1C[C@H]1c1ccccc1OCc1ccccc1. The molecule has 0 amide bonds. The molecule has 0 heterocycles. The molecule has 92 valence electrons. The Labute approximate surface area is 107 Å². The molecule has 2 heteroatoms. The van der Waals surface area contributed by atoms with E-state index < -0.39 is 0 Å². The van der Waals surface area contributed by atoms with Crippen LogP contribution in [0.1, 0.15) is 23.5 Å². The van der Waals surface area contributed by atoms with E-state index in [1.54, 1.807) is 0 Å². The van der Waals surface area contributed by atoms with E-state index in [9.17, 15) is 0 Å². The van der Waals surface area contributed by atoms with Crippen LogP contribution in [0.4, 0.5) is 0 Å². The molecule has 2 N–H and O–H groups in total. The van der Waals surface area contributed by atoms with Gasteiger partial charge in [-0.25, -0.2) is 0 Å². The van der Waals surface area contributed by atoms with Crippen LogP contribution in [0.2, 0.25) is 0 Å². The highest BCUT2D eigenvalue weighted by molar-refractivity contribution is 5.40. The Kier molecular flexibility index (Phi) is 3.03. The van der Waals surface area contributed by atoms with E-state index in [1.165, 1.54) is 11.1 Å². The third kappa shape index (κ3) is 2.39. The lowest BCUT2D eigenvalue weighted by Gasteiger charge is -2.11. The lowest BCUT2D eigenvalue weighted by atomic mass is 10.1. The highest BCUT2D eigenvalue weighted by Gasteiger charge is 2.36. The predicted molar refractivity (Wildman–Crippen MR) is 72.5 cm³/mol. The maximum Gasteiger partial charge on any atom is 0.123 e. The van der Waals surface area contributed by atoms with Crippen molar-refractivity contribution in [2.75, 3.05) is 0 Å². The highest BCUT2D eigenvalue weighted by Crippen LogP contribution is 2.43. The van der Waals surface area contributed by atoms with Crippen LogP contribution in [0, 0.1) is 0 Å². The average Bonchev–Trinajstić information content (AvgIpc) is 3.15. The van der Waals surface area contributed by atoms with Crippen molar-refractivity contribution in [3.05, 3.63) is 65.7 Å². The van der Waals surface area contributed by atoms with Gasteiger partial charge in [-0.3, -0.25) is 0 Å². The van der Waals surface area contributed by atoms with Crippen LogP contribution < -0.4 is 10.5 Å². The van der Waals surface area contributed by atoms with Crippen LogP contribution in [0.15, 0.2) is 54.6 Å². The zero-order valence-electron chi connectivity index (χ0n) is 10.3. The molecule has 0 aromatic heterocycles. The predicted octanol–water partition coefficient (Wildman–Crippen LogP) is 3.08. The van der Waals surface area contributed by atoms with E-state index in [2.05, 4.69) is 24.3 Å². The summed E-state index contributed by atoms with van der Waals surface area (Å²) < 4.78 is 5.92. The topological polar surface area (TPSA) is 35.2 Å². The second-order valence-electron chi connectivity index (χ2n) is 4.82. The Morgan fingerprint density at radius 1 is 1.00 bits per heavy atom. The fourth-order valence-electron chi connectivity index (χ4n) is 2.23. The summed E-state index contributed by atoms with van der Waals surface area (Å²) in [6.45, 7) is 0.611. The summed E-state index contributed by atoms with van der Waals surface area (Å²) >= 11 is 0. The molecule has 3 rings (SSSR count). The number of benzene rings is 2. The summed E-state index contributed by atoms with van der Waals surface area (Å²) in [5.41, 5.74) is 8.36. The van der Waals surface area contributed by atoms with Crippen molar-refractivity contribution in [2.24, 2.45) is 5.73 Å². The number of ether oxygens (including phenoxy) is 1. The van der Waals surface area contributed by atoms with Crippen LogP contribution in [-0.2, 0) is 6.61 Å². The Balaban J connectivity index is 1.73. The minimum Gasteiger partial charge on any atom is -0.489 e. The van der Waals surface area contributed by atoms with Crippen molar-refractivity contribution in [2.45, 2.75) is 25.0 Å². The van der Waals surface area contributed by atoms with Crippen LogP contribution in [0.5, 0.6) is 5.75 Å². The van der Waals surface area contributed by atoms with Gasteiger partial charge < -0.3 is 10.5 Å². The van der Waals surface area contributed by atoms with Gasteiger partial charge >= 0.3 is 0 Å². The van der Waals surface area contributed by atoms with E-state index >= 15 is 0 Å².